The smallest absolute Gasteiger partial charge is 0.271 e. The van der Waals surface area contributed by atoms with Crippen molar-refractivity contribution in [2.75, 3.05) is 13.1 Å². The summed E-state index contributed by atoms with van der Waals surface area (Å²) in [5.74, 6) is -1.46. The van der Waals surface area contributed by atoms with Crippen molar-refractivity contribution in [1.29, 1.82) is 0 Å². The molecule has 0 spiro atoms. The number of hydrogen-bond donors (Lipinski definition) is 3. The number of halogens is 3. The summed E-state index contributed by atoms with van der Waals surface area (Å²) in [5, 5.41) is 5.25. The Bertz CT molecular complexity index is 463. The predicted octanol–water partition coefficient (Wildman–Crippen LogP) is 1.55. The zero-order valence-corrected chi connectivity index (χ0v) is 10.6. The van der Waals surface area contributed by atoms with Gasteiger partial charge in [-0.25, -0.2) is 8.78 Å². The largest absolute Gasteiger partial charge is 0.351 e. The van der Waals surface area contributed by atoms with Gasteiger partial charge in [0.2, 0.25) is 0 Å². The van der Waals surface area contributed by atoms with Crippen molar-refractivity contribution in [3.05, 3.63) is 22.2 Å². The van der Waals surface area contributed by atoms with E-state index in [0.29, 0.717) is 18.7 Å². The van der Waals surface area contributed by atoms with E-state index >= 15 is 0 Å². The van der Waals surface area contributed by atoms with Gasteiger partial charge in [-0.1, -0.05) is 11.6 Å². The van der Waals surface area contributed by atoms with Gasteiger partial charge in [-0.05, 0) is 19.9 Å². The molecule has 2 heterocycles. The summed E-state index contributed by atoms with van der Waals surface area (Å²) >= 11 is 5.64. The van der Waals surface area contributed by atoms with Crippen LogP contribution in [0.25, 0.3) is 0 Å². The number of aryl methyl sites for hydroxylation is 1. The van der Waals surface area contributed by atoms with E-state index in [0.717, 1.165) is 0 Å². The highest BCUT2D eigenvalue weighted by Crippen LogP contribution is 2.22. The van der Waals surface area contributed by atoms with Gasteiger partial charge < -0.3 is 15.6 Å². The number of carbonyl (C=O) groups is 1. The van der Waals surface area contributed by atoms with E-state index in [9.17, 15) is 13.6 Å². The standard InChI is InChI=1S/C11H14ClF2N3O/c1-5-8(12)9(14)10(16-5)11(18)17-7-2-3-15-4-6(7)13/h6-7,15-16H,2-4H2,1H3,(H,17,18)/t6-,7+/m0/s1. The fourth-order valence-electron chi connectivity index (χ4n) is 1.95. The number of H-pyrrole nitrogens is 1. The molecule has 0 saturated carbocycles. The molecule has 1 saturated heterocycles. The Kier molecular flexibility index (Phi) is 3.87. The minimum absolute atomic E-state index is 0.109. The molecular weight excluding hydrogens is 264 g/mol. The average Bonchev–Trinajstić information content (AvgIpc) is 2.60. The Morgan fingerprint density at radius 1 is 1.56 bits per heavy atom. The maximum atomic E-state index is 13.6. The lowest BCUT2D eigenvalue weighted by Crippen LogP contribution is -2.51. The zero-order valence-electron chi connectivity index (χ0n) is 9.82. The van der Waals surface area contributed by atoms with Crippen LogP contribution in [0.15, 0.2) is 0 Å². The van der Waals surface area contributed by atoms with E-state index in [-0.39, 0.29) is 17.3 Å². The summed E-state index contributed by atoms with van der Waals surface area (Å²) in [6.45, 7) is 2.38. The number of aromatic amines is 1. The number of alkyl halides is 1. The number of carbonyl (C=O) groups excluding carboxylic acids is 1. The zero-order chi connectivity index (χ0) is 13.3. The molecule has 100 valence electrons. The van der Waals surface area contributed by atoms with Gasteiger partial charge in [-0.3, -0.25) is 4.79 Å². The van der Waals surface area contributed by atoms with Crippen molar-refractivity contribution in [3.63, 3.8) is 0 Å². The molecule has 7 heteroatoms. The molecule has 0 bridgehead atoms. The highest BCUT2D eigenvalue weighted by Gasteiger charge is 2.28. The Morgan fingerprint density at radius 2 is 2.28 bits per heavy atom. The molecule has 0 aliphatic carbocycles. The monoisotopic (exact) mass is 277 g/mol. The number of rotatable bonds is 2. The fourth-order valence-corrected chi connectivity index (χ4v) is 2.09. The van der Waals surface area contributed by atoms with Gasteiger partial charge in [0.25, 0.3) is 5.91 Å². The van der Waals surface area contributed by atoms with Crippen LogP contribution in [-0.4, -0.2) is 36.2 Å². The number of amides is 1. The van der Waals surface area contributed by atoms with Crippen LogP contribution in [0.2, 0.25) is 5.02 Å². The summed E-state index contributed by atoms with van der Waals surface area (Å²) < 4.78 is 27.1. The number of piperidine rings is 1. The molecular formula is C11H14ClF2N3O. The normalized spacial score (nSPS) is 24.0. The SMILES string of the molecule is Cc1[nH]c(C(=O)N[C@@H]2CCNC[C@@H]2F)c(F)c1Cl. The highest BCUT2D eigenvalue weighted by molar-refractivity contribution is 6.31. The van der Waals surface area contributed by atoms with Crippen LogP contribution in [0, 0.1) is 12.7 Å². The number of nitrogens with one attached hydrogen (secondary N) is 3. The van der Waals surface area contributed by atoms with Gasteiger partial charge in [-0.15, -0.1) is 0 Å². The maximum absolute atomic E-state index is 13.6. The summed E-state index contributed by atoms with van der Waals surface area (Å²) in [4.78, 5) is 14.4. The van der Waals surface area contributed by atoms with Crippen LogP contribution in [0.4, 0.5) is 8.78 Å². The molecule has 1 aromatic rings. The fraction of sp³-hybridized carbons (Fsp3) is 0.545. The molecule has 2 rings (SSSR count). The third-order valence-corrected chi connectivity index (χ3v) is 3.45. The minimum atomic E-state index is -1.17. The van der Waals surface area contributed by atoms with Crippen LogP contribution >= 0.6 is 11.6 Å². The minimum Gasteiger partial charge on any atom is -0.351 e. The summed E-state index contributed by atoms with van der Waals surface area (Å²) in [7, 11) is 0. The molecule has 4 nitrogen and oxygen atoms in total. The van der Waals surface area contributed by atoms with Crippen LogP contribution < -0.4 is 10.6 Å². The molecule has 2 atom stereocenters. The predicted molar refractivity (Wildman–Crippen MR) is 64.1 cm³/mol. The number of aromatic nitrogens is 1. The van der Waals surface area contributed by atoms with Gasteiger partial charge in [0.15, 0.2) is 5.82 Å². The van der Waals surface area contributed by atoms with Gasteiger partial charge >= 0.3 is 0 Å². The van der Waals surface area contributed by atoms with Gasteiger partial charge in [0.05, 0.1) is 11.1 Å². The van der Waals surface area contributed by atoms with E-state index in [2.05, 4.69) is 15.6 Å². The van der Waals surface area contributed by atoms with Crippen molar-refractivity contribution >= 4 is 17.5 Å². The molecule has 0 radical (unpaired) electrons. The summed E-state index contributed by atoms with van der Waals surface area (Å²) in [6, 6.07) is -0.597. The topological polar surface area (TPSA) is 56.9 Å². The van der Waals surface area contributed by atoms with Gasteiger partial charge in [0, 0.05) is 12.2 Å². The van der Waals surface area contributed by atoms with Crippen LogP contribution in [-0.2, 0) is 0 Å². The van der Waals surface area contributed by atoms with Crippen molar-refractivity contribution in [3.8, 4) is 0 Å². The first-order valence-electron chi connectivity index (χ1n) is 5.70. The second-order valence-corrected chi connectivity index (χ2v) is 4.72. The van der Waals surface area contributed by atoms with Crippen molar-refractivity contribution in [2.45, 2.75) is 25.6 Å². The van der Waals surface area contributed by atoms with Crippen molar-refractivity contribution in [2.24, 2.45) is 0 Å². The molecule has 1 fully saturated rings. The summed E-state index contributed by atoms with van der Waals surface area (Å²) in [5.41, 5.74) is 0.129. The first-order chi connectivity index (χ1) is 8.50. The van der Waals surface area contributed by atoms with Crippen molar-refractivity contribution in [1.82, 2.24) is 15.6 Å². The molecule has 0 aromatic carbocycles. The highest BCUT2D eigenvalue weighted by atomic mass is 35.5. The molecule has 1 aromatic heterocycles. The molecule has 1 amide bonds. The first kappa shape index (κ1) is 13.3. The van der Waals surface area contributed by atoms with Gasteiger partial charge in [0.1, 0.15) is 11.9 Å². The Balaban J connectivity index is 2.09. The molecule has 3 N–H and O–H groups in total. The summed E-state index contributed by atoms with van der Waals surface area (Å²) in [6.07, 6.45) is -0.695. The lowest BCUT2D eigenvalue weighted by Gasteiger charge is -2.27. The average molecular weight is 278 g/mol. The molecule has 0 unspecified atom stereocenters. The Hall–Kier alpha value is -1.14. The third kappa shape index (κ3) is 2.49. The molecule has 1 aliphatic heterocycles. The van der Waals surface area contributed by atoms with Crippen LogP contribution in [0.1, 0.15) is 22.6 Å². The second kappa shape index (κ2) is 5.24. The lowest BCUT2D eigenvalue weighted by molar-refractivity contribution is 0.0883. The Labute approximate surface area is 108 Å². The quantitative estimate of drug-likeness (QED) is 0.768. The van der Waals surface area contributed by atoms with Crippen LogP contribution in [0.3, 0.4) is 0 Å². The first-order valence-corrected chi connectivity index (χ1v) is 6.07. The maximum Gasteiger partial charge on any atom is 0.271 e. The molecule has 18 heavy (non-hydrogen) atoms. The third-order valence-electron chi connectivity index (χ3n) is 3.01. The van der Waals surface area contributed by atoms with Crippen LogP contribution in [0.5, 0.6) is 0 Å². The molecule has 1 aliphatic rings. The lowest BCUT2D eigenvalue weighted by atomic mass is 10.0. The van der Waals surface area contributed by atoms with E-state index in [1.165, 1.54) is 0 Å². The Morgan fingerprint density at radius 3 is 2.83 bits per heavy atom. The van der Waals surface area contributed by atoms with Crippen molar-refractivity contribution < 1.29 is 13.6 Å². The number of hydrogen-bond acceptors (Lipinski definition) is 2. The van der Waals surface area contributed by atoms with E-state index < -0.39 is 23.9 Å². The van der Waals surface area contributed by atoms with E-state index in [1.54, 1.807) is 6.92 Å². The van der Waals surface area contributed by atoms with E-state index in [4.69, 9.17) is 11.6 Å². The van der Waals surface area contributed by atoms with Gasteiger partial charge in [-0.2, -0.15) is 0 Å². The van der Waals surface area contributed by atoms with E-state index in [1.807, 2.05) is 0 Å². The second-order valence-electron chi connectivity index (χ2n) is 4.34.